The zero-order chi connectivity index (χ0) is 13.7. The van der Waals surface area contributed by atoms with Crippen LogP contribution in [0, 0.1) is 11.3 Å². The minimum absolute atomic E-state index is 0.466. The maximum Gasteiger partial charge on any atom is 0.322 e. The molecular weight excluding hydrogens is 240 g/mol. The molecule has 0 aliphatic rings. The maximum absolute atomic E-state index is 10.8. The first-order chi connectivity index (χ1) is 9.22. The predicted octanol–water partition coefficient (Wildman–Crippen LogP) is 2.03. The summed E-state index contributed by atoms with van der Waals surface area (Å²) in [5, 5.41) is 13.1. The molecule has 0 fully saturated rings. The molecule has 0 saturated heterocycles. The van der Waals surface area contributed by atoms with Crippen molar-refractivity contribution < 1.29 is 9.53 Å². The third kappa shape index (κ3) is 3.23. The van der Waals surface area contributed by atoms with Crippen LogP contribution in [0.25, 0.3) is 10.8 Å². The van der Waals surface area contributed by atoms with Gasteiger partial charge in [0, 0.05) is 6.54 Å². The molecule has 0 radical (unpaired) electrons. The number of amides is 1. The van der Waals surface area contributed by atoms with Gasteiger partial charge in [-0.1, -0.05) is 24.3 Å². The summed E-state index contributed by atoms with van der Waals surface area (Å²) >= 11 is 0. The van der Waals surface area contributed by atoms with E-state index in [0.717, 1.165) is 22.1 Å². The lowest BCUT2D eigenvalue weighted by Gasteiger charge is -2.06. The third-order valence-corrected chi connectivity index (χ3v) is 2.91. The van der Waals surface area contributed by atoms with Crippen LogP contribution in [0.4, 0.5) is 0 Å². The lowest BCUT2D eigenvalue weighted by Crippen LogP contribution is -2.23. The van der Waals surface area contributed by atoms with Crippen molar-refractivity contribution in [2.45, 2.75) is 6.42 Å². The van der Waals surface area contributed by atoms with Crippen molar-refractivity contribution in [1.29, 1.82) is 5.26 Å². The average molecular weight is 254 g/mol. The molecule has 4 nitrogen and oxygen atoms in total. The molecule has 0 unspecified atom stereocenters. The van der Waals surface area contributed by atoms with E-state index in [1.807, 2.05) is 30.3 Å². The fraction of sp³-hybridized carbons (Fsp3) is 0.200. The molecule has 19 heavy (non-hydrogen) atoms. The molecule has 96 valence electrons. The predicted molar refractivity (Wildman–Crippen MR) is 72.8 cm³/mol. The first kappa shape index (κ1) is 12.9. The average Bonchev–Trinajstić information content (AvgIpc) is 2.46. The molecule has 0 spiro atoms. The summed E-state index contributed by atoms with van der Waals surface area (Å²) in [5.74, 6) is 0.243. The number of hydrogen-bond donors (Lipinski definition) is 1. The number of methoxy groups -OCH3 is 1. The molecule has 1 amide bonds. The van der Waals surface area contributed by atoms with E-state index < -0.39 is 5.91 Å². The molecule has 4 heteroatoms. The molecule has 0 saturated carbocycles. The van der Waals surface area contributed by atoms with Gasteiger partial charge in [-0.2, -0.15) is 5.26 Å². The van der Waals surface area contributed by atoms with Gasteiger partial charge in [-0.25, -0.2) is 0 Å². The Morgan fingerprint density at radius 2 is 2.00 bits per heavy atom. The topological polar surface area (TPSA) is 62.1 Å². The Morgan fingerprint density at radius 3 is 2.74 bits per heavy atom. The van der Waals surface area contributed by atoms with Gasteiger partial charge in [-0.05, 0) is 34.9 Å². The Bertz CT molecular complexity index is 644. The van der Waals surface area contributed by atoms with Crippen LogP contribution in [0.2, 0.25) is 0 Å². The van der Waals surface area contributed by atoms with Gasteiger partial charge in [0.2, 0.25) is 0 Å². The van der Waals surface area contributed by atoms with Gasteiger partial charge in [-0.3, -0.25) is 4.79 Å². The quantitative estimate of drug-likeness (QED) is 0.849. The summed E-state index contributed by atoms with van der Waals surface area (Å²) in [6.45, 7) is 0.466. The second kappa shape index (κ2) is 5.87. The number of nitrogens with one attached hydrogen (secondary N) is 1. The van der Waals surface area contributed by atoms with Gasteiger partial charge in [0.25, 0.3) is 0 Å². The third-order valence-electron chi connectivity index (χ3n) is 2.91. The number of nitriles is 1. The number of benzene rings is 2. The van der Waals surface area contributed by atoms with Crippen LogP contribution in [0.1, 0.15) is 5.56 Å². The van der Waals surface area contributed by atoms with Crippen molar-refractivity contribution in [3.05, 3.63) is 42.0 Å². The molecule has 2 rings (SSSR count). The summed E-state index contributed by atoms with van der Waals surface area (Å²) in [5.41, 5.74) is 1.12. The Balaban J connectivity index is 2.09. The Kier molecular flexibility index (Phi) is 3.99. The van der Waals surface area contributed by atoms with Crippen molar-refractivity contribution in [2.24, 2.45) is 0 Å². The van der Waals surface area contributed by atoms with Crippen LogP contribution in [0.3, 0.4) is 0 Å². The SMILES string of the molecule is COc1ccc2cc(CCNC(=O)C#N)ccc2c1. The molecule has 2 aromatic rings. The van der Waals surface area contributed by atoms with Crippen LogP contribution in [-0.4, -0.2) is 19.6 Å². The van der Waals surface area contributed by atoms with E-state index in [-0.39, 0.29) is 0 Å². The van der Waals surface area contributed by atoms with Gasteiger partial charge >= 0.3 is 5.91 Å². The van der Waals surface area contributed by atoms with Gasteiger partial charge in [-0.15, -0.1) is 0 Å². The van der Waals surface area contributed by atoms with Crippen LogP contribution >= 0.6 is 0 Å². The highest BCUT2D eigenvalue weighted by atomic mass is 16.5. The largest absolute Gasteiger partial charge is 0.497 e. The zero-order valence-corrected chi connectivity index (χ0v) is 10.6. The normalized spacial score (nSPS) is 9.89. The van der Waals surface area contributed by atoms with Crippen LogP contribution in [0.15, 0.2) is 36.4 Å². The number of carbonyl (C=O) groups is 1. The van der Waals surface area contributed by atoms with Crippen LogP contribution in [-0.2, 0) is 11.2 Å². The van der Waals surface area contributed by atoms with Gasteiger partial charge in [0.1, 0.15) is 5.75 Å². The molecule has 0 bridgehead atoms. The fourth-order valence-electron chi connectivity index (χ4n) is 1.92. The first-order valence-electron chi connectivity index (χ1n) is 5.97. The van der Waals surface area contributed by atoms with E-state index in [2.05, 4.69) is 11.4 Å². The highest BCUT2D eigenvalue weighted by Crippen LogP contribution is 2.21. The maximum atomic E-state index is 10.8. The Hall–Kier alpha value is -2.54. The molecular formula is C15H14N2O2. The number of ether oxygens (including phenoxy) is 1. The molecule has 0 aromatic heterocycles. The lowest BCUT2D eigenvalue weighted by molar-refractivity contribution is -0.115. The van der Waals surface area contributed by atoms with E-state index in [0.29, 0.717) is 13.0 Å². The summed E-state index contributed by atoms with van der Waals surface area (Å²) in [4.78, 5) is 10.8. The standard InChI is InChI=1S/C15H14N2O2/c1-19-14-5-4-12-8-11(2-3-13(12)9-14)6-7-17-15(18)10-16/h2-5,8-9H,6-7H2,1H3,(H,17,18). The van der Waals surface area contributed by atoms with Crippen molar-refractivity contribution >= 4 is 16.7 Å². The zero-order valence-electron chi connectivity index (χ0n) is 10.6. The minimum Gasteiger partial charge on any atom is -0.497 e. The minimum atomic E-state index is -0.592. The highest BCUT2D eigenvalue weighted by molar-refractivity contribution is 5.91. The van der Waals surface area contributed by atoms with Crippen LogP contribution < -0.4 is 10.1 Å². The van der Waals surface area contributed by atoms with E-state index >= 15 is 0 Å². The molecule has 2 aromatic carbocycles. The van der Waals surface area contributed by atoms with E-state index in [9.17, 15) is 4.79 Å². The summed E-state index contributed by atoms with van der Waals surface area (Å²) in [6, 6.07) is 13.6. The van der Waals surface area contributed by atoms with E-state index in [1.54, 1.807) is 7.11 Å². The molecule has 0 heterocycles. The number of carbonyl (C=O) groups excluding carboxylic acids is 1. The smallest absolute Gasteiger partial charge is 0.322 e. The molecule has 1 N–H and O–H groups in total. The summed E-state index contributed by atoms with van der Waals surface area (Å²) in [7, 11) is 1.65. The van der Waals surface area contributed by atoms with Crippen molar-refractivity contribution in [3.8, 4) is 11.8 Å². The monoisotopic (exact) mass is 254 g/mol. The van der Waals surface area contributed by atoms with Gasteiger partial charge in [0.05, 0.1) is 7.11 Å². The molecule has 0 atom stereocenters. The molecule has 0 aliphatic heterocycles. The number of rotatable bonds is 4. The summed E-state index contributed by atoms with van der Waals surface area (Å²) in [6.07, 6.45) is 0.704. The van der Waals surface area contributed by atoms with Crippen molar-refractivity contribution in [3.63, 3.8) is 0 Å². The highest BCUT2D eigenvalue weighted by Gasteiger charge is 2.00. The lowest BCUT2D eigenvalue weighted by atomic mass is 10.0. The van der Waals surface area contributed by atoms with Gasteiger partial charge in [0.15, 0.2) is 6.07 Å². The van der Waals surface area contributed by atoms with E-state index in [1.165, 1.54) is 6.07 Å². The van der Waals surface area contributed by atoms with Gasteiger partial charge < -0.3 is 10.1 Å². The number of hydrogen-bond acceptors (Lipinski definition) is 3. The second-order valence-electron chi connectivity index (χ2n) is 4.17. The van der Waals surface area contributed by atoms with Crippen molar-refractivity contribution in [1.82, 2.24) is 5.32 Å². The summed E-state index contributed by atoms with van der Waals surface area (Å²) < 4.78 is 5.18. The van der Waals surface area contributed by atoms with E-state index in [4.69, 9.17) is 10.00 Å². The molecule has 0 aliphatic carbocycles. The Labute approximate surface area is 111 Å². The first-order valence-corrected chi connectivity index (χ1v) is 5.97. The van der Waals surface area contributed by atoms with Crippen LogP contribution in [0.5, 0.6) is 5.75 Å². The fourth-order valence-corrected chi connectivity index (χ4v) is 1.92. The Morgan fingerprint density at radius 1 is 1.26 bits per heavy atom. The van der Waals surface area contributed by atoms with Crippen molar-refractivity contribution in [2.75, 3.05) is 13.7 Å². The second-order valence-corrected chi connectivity index (χ2v) is 4.17. The number of fused-ring (bicyclic) bond motifs is 1. The number of nitrogens with zero attached hydrogens (tertiary/aromatic N) is 1.